The van der Waals surface area contributed by atoms with Crippen LogP contribution in [0, 0.1) is 5.92 Å². The Morgan fingerprint density at radius 1 is 1.35 bits per heavy atom. The van der Waals surface area contributed by atoms with Gasteiger partial charge in [0.05, 0.1) is 12.6 Å². The maximum atomic E-state index is 9.98. The Balaban J connectivity index is 0.00000243. The number of aryl methyl sites for hydroxylation is 1. The molecule has 1 saturated carbocycles. The first-order valence-corrected chi connectivity index (χ1v) is 9.73. The second-order valence-corrected chi connectivity index (χ2v) is 7.58. The summed E-state index contributed by atoms with van der Waals surface area (Å²) in [4.78, 5) is 9.37. The molecule has 1 aliphatic heterocycles. The van der Waals surface area contributed by atoms with E-state index in [1.165, 1.54) is 0 Å². The zero-order valence-electron chi connectivity index (χ0n) is 16.1. The van der Waals surface area contributed by atoms with Crippen molar-refractivity contribution < 1.29 is 5.11 Å². The standard InChI is InChI=1S/C18H32N6O.HI/c1-4-19-18(20-10-13-6-5-7-15(13)25)21-14-8-9-16-22-17(12(2)3)23-24(16)11-14;/h12-15,25H,4-11H2,1-3H3,(H2,19,20,21);1H. The van der Waals surface area contributed by atoms with Gasteiger partial charge in [0, 0.05) is 37.4 Å². The highest BCUT2D eigenvalue weighted by Crippen LogP contribution is 2.25. The van der Waals surface area contributed by atoms with E-state index < -0.39 is 0 Å². The second-order valence-electron chi connectivity index (χ2n) is 7.58. The molecule has 1 fully saturated rings. The normalized spacial score (nSPS) is 25.7. The van der Waals surface area contributed by atoms with Crippen molar-refractivity contribution in [3.63, 3.8) is 0 Å². The van der Waals surface area contributed by atoms with E-state index in [2.05, 4.69) is 41.5 Å². The van der Waals surface area contributed by atoms with Crippen molar-refractivity contribution in [2.24, 2.45) is 10.9 Å². The number of aromatic nitrogens is 3. The average molecular weight is 476 g/mol. The highest BCUT2D eigenvalue weighted by Gasteiger charge is 2.26. The van der Waals surface area contributed by atoms with Crippen LogP contribution in [0.2, 0.25) is 0 Å². The summed E-state index contributed by atoms with van der Waals surface area (Å²) in [5.74, 6) is 3.54. The summed E-state index contributed by atoms with van der Waals surface area (Å²) >= 11 is 0. The molecule has 1 aliphatic carbocycles. The lowest BCUT2D eigenvalue weighted by Gasteiger charge is -2.25. The molecule has 2 heterocycles. The molecule has 0 saturated heterocycles. The molecule has 3 rings (SSSR count). The Bertz CT molecular complexity index is 603. The largest absolute Gasteiger partial charge is 0.393 e. The third kappa shape index (κ3) is 5.31. The van der Waals surface area contributed by atoms with Crippen LogP contribution in [-0.2, 0) is 13.0 Å². The number of fused-ring (bicyclic) bond motifs is 1. The predicted octanol–water partition coefficient (Wildman–Crippen LogP) is 2.05. The number of nitrogens with one attached hydrogen (secondary N) is 2. The number of halogens is 1. The van der Waals surface area contributed by atoms with Gasteiger partial charge in [-0.2, -0.15) is 5.10 Å². The molecular formula is C18H33IN6O. The third-order valence-electron chi connectivity index (χ3n) is 5.18. The van der Waals surface area contributed by atoms with Crippen molar-refractivity contribution in [3.05, 3.63) is 11.6 Å². The average Bonchev–Trinajstić information content (AvgIpc) is 3.18. The first kappa shape index (κ1) is 21.4. The molecule has 1 aromatic rings. The van der Waals surface area contributed by atoms with E-state index in [4.69, 9.17) is 4.99 Å². The van der Waals surface area contributed by atoms with Crippen molar-refractivity contribution in [3.8, 4) is 0 Å². The van der Waals surface area contributed by atoms with Gasteiger partial charge >= 0.3 is 0 Å². The van der Waals surface area contributed by atoms with Gasteiger partial charge in [-0.25, -0.2) is 9.67 Å². The number of nitrogens with zero attached hydrogens (tertiary/aromatic N) is 4. The van der Waals surface area contributed by atoms with Crippen LogP contribution < -0.4 is 10.6 Å². The Morgan fingerprint density at radius 3 is 2.81 bits per heavy atom. The molecule has 148 valence electrons. The fourth-order valence-electron chi connectivity index (χ4n) is 3.64. The van der Waals surface area contributed by atoms with Crippen molar-refractivity contribution in [1.29, 1.82) is 0 Å². The smallest absolute Gasteiger partial charge is 0.191 e. The molecule has 3 N–H and O–H groups in total. The molecule has 7 nitrogen and oxygen atoms in total. The fourth-order valence-corrected chi connectivity index (χ4v) is 3.64. The zero-order valence-corrected chi connectivity index (χ0v) is 18.4. The Labute approximate surface area is 173 Å². The molecule has 26 heavy (non-hydrogen) atoms. The number of aliphatic imine (C=N–C) groups is 1. The minimum atomic E-state index is -0.187. The van der Waals surface area contributed by atoms with Gasteiger partial charge in [0.1, 0.15) is 5.82 Å². The van der Waals surface area contributed by atoms with Crippen LogP contribution in [0.25, 0.3) is 0 Å². The summed E-state index contributed by atoms with van der Waals surface area (Å²) < 4.78 is 2.04. The highest BCUT2D eigenvalue weighted by atomic mass is 127. The summed E-state index contributed by atoms with van der Waals surface area (Å²) in [5.41, 5.74) is 0. The monoisotopic (exact) mass is 476 g/mol. The molecule has 0 amide bonds. The van der Waals surface area contributed by atoms with E-state index in [1.54, 1.807) is 0 Å². The van der Waals surface area contributed by atoms with Crippen LogP contribution in [0.3, 0.4) is 0 Å². The van der Waals surface area contributed by atoms with Crippen molar-refractivity contribution in [1.82, 2.24) is 25.4 Å². The molecule has 1 aromatic heterocycles. The van der Waals surface area contributed by atoms with E-state index in [-0.39, 0.29) is 30.1 Å². The van der Waals surface area contributed by atoms with E-state index in [0.717, 1.165) is 62.8 Å². The van der Waals surface area contributed by atoms with Gasteiger partial charge in [-0.05, 0) is 26.2 Å². The molecule has 3 unspecified atom stereocenters. The summed E-state index contributed by atoms with van der Waals surface area (Å²) in [7, 11) is 0. The number of aliphatic hydroxyl groups excluding tert-OH is 1. The Kier molecular flexibility index (Phi) is 8.12. The lowest BCUT2D eigenvalue weighted by Crippen LogP contribution is -2.47. The lowest BCUT2D eigenvalue weighted by molar-refractivity contribution is 0.136. The van der Waals surface area contributed by atoms with Gasteiger partial charge in [-0.1, -0.05) is 20.3 Å². The molecule has 3 atom stereocenters. The SMILES string of the molecule is CCNC(=NCC1CCCC1O)NC1CCc2nc(C(C)C)nn2C1.I. The van der Waals surface area contributed by atoms with Crippen molar-refractivity contribution in [2.75, 3.05) is 13.1 Å². The minimum Gasteiger partial charge on any atom is -0.393 e. The van der Waals surface area contributed by atoms with Crippen LogP contribution in [-0.4, -0.2) is 51.1 Å². The van der Waals surface area contributed by atoms with E-state index in [1.807, 2.05) is 4.68 Å². The number of guanidine groups is 1. The first-order valence-electron chi connectivity index (χ1n) is 9.73. The number of aliphatic hydroxyl groups is 1. The zero-order chi connectivity index (χ0) is 17.8. The van der Waals surface area contributed by atoms with Crippen LogP contribution in [0.1, 0.15) is 64.0 Å². The van der Waals surface area contributed by atoms with Gasteiger partial charge in [0.15, 0.2) is 11.8 Å². The molecule has 0 aromatic carbocycles. The van der Waals surface area contributed by atoms with Crippen LogP contribution in [0.5, 0.6) is 0 Å². The summed E-state index contributed by atoms with van der Waals surface area (Å²) in [5, 5.41) is 21.5. The third-order valence-corrected chi connectivity index (χ3v) is 5.18. The van der Waals surface area contributed by atoms with E-state index in [9.17, 15) is 5.11 Å². The maximum Gasteiger partial charge on any atom is 0.191 e. The molecule has 0 radical (unpaired) electrons. The number of hydrogen-bond acceptors (Lipinski definition) is 4. The van der Waals surface area contributed by atoms with Crippen LogP contribution in [0.15, 0.2) is 4.99 Å². The molecule has 8 heteroatoms. The van der Waals surface area contributed by atoms with Crippen LogP contribution >= 0.6 is 24.0 Å². The van der Waals surface area contributed by atoms with Gasteiger partial charge < -0.3 is 15.7 Å². The maximum absolute atomic E-state index is 9.98. The lowest BCUT2D eigenvalue weighted by atomic mass is 10.1. The Morgan fingerprint density at radius 2 is 2.15 bits per heavy atom. The summed E-state index contributed by atoms with van der Waals surface area (Å²) in [6, 6.07) is 0.306. The van der Waals surface area contributed by atoms with Crippen LogP contribution in [0.4, 0.5) is 0 Å². The van der Waals surface area contributed by atoms with E-state index >= 15 is 0 Å². The molecule has 0 spiro atoms. The highest BCUT2D eigenvalue weighted by molar-refractivity contribution is 14.0. The summed E-state index contributed by atoms with van der Waals surface area (Å²) in [6.45, 7) is 8.68. The van der Waals surface area contributed by atoms with Gasteiger partial charge in [-0.3, -0.25) is 4.99 Å². The fraction of sp³-hybridized carbons (Fsp3) is 0.833. The van der Waals surface area contributed by atoms with Crippen molar-refractivity contribution >= 4 is 29.9 Å². The van der Waals surface area contributed by atoms with E-state index in [0.29, 0.717) is 24.4 Å². The Hall–Kier alpha value is -0.900. The predicted molar refractivity (Wildman–Crippen MR) is 114 cm³/mol. The van der Waals surface area contributed by atoms with Gasteiger partial charge in [0.25, 0.3) is 0 Å². The van der Waals surface area contributed by atoms with Gasteiger partial charge in [0.2, 0.25) is 0 Å². The van der Waals surface area contributed by atoms with Crippen molar-refractivity contribution in [2.45, 2.75) is 77.5 Å². The molecule has 0 bridgehead atoms. The second kappa shape index (κ2) is 9.87. The quantitative estimate of drug-likeness (QED) is 0.344. The first-order chi connectivity index (χ1) is 12.1. The molecule has 2 aliphatic rings. The number of hydrogen-bond donors (Lipinski definition) is 3. The molecular weight excluding hydrogens is 443 g/mol. The topological polar surface area (TPSA) is 87.4 Å². The minimum absolute atomic E-state index is 0. The number of rotatable bonds is 5. The van der Waals surface area contributed by atoms with Gasteiger partial charge in [-0.15, -0.1) is 24.0 Å². The summed E-state index contributed by atoms with van der Waals surface area (Å²) in [6.07, 6.45) is 4.90.